The summed E-state index contributed by atoms with van der Waals surface area (Å²) in [6, 6.07) is 9.51. The first-order valence-electron chi connectivity index (χ1n) is 4.46. The number of methoxy groups -OCH3 is 1. The molecular formula is C11H7ClN2OS. The molecular weight excluding hydrogens is 244 g/mol. The molecule has 0 fully saturated rings. The van der Waals surface area contributed by atoms with Crippen LogP contribution >= 0.6 is 23.1 Å². The Kier molecular flexibility index (Phi) is 3.09. The van der Waals surface area contributed by atoms with Gasteiger partial charge in [0.05, 0.1) is 12.0 Å². The molecule has 0 amide bonds. The van der Waals surface area contributed by atoms with Crippen LogP contribution in [0.1, 0.15) is 5.56 Å². The molecule has 3 nitrogen and oxygen atoms in total. The molecule has 0 saturated heterocycles. The number of ether oxygens (including phenoxy) is 1. The zero-order chi connectivity index (χ0) is 11.5. The quantitative estimate of drug-likeness (QED) is 0.821. The van der Waals surface area contributed by atoms with E-state index in [-0.39, 0.29) is 5.15 Å². The minimum Gasteiger partial charge on any atom is -0.497 e. The average Bonchev–Trinajstić information content (AvgIpc) is 2.70. The summed E-state index contributed by atoms with van der Waals surface area (Å²) in [6.07, 6.45) is 0. The van der Waals surface area contributed by atoms with E-state index in [1.165, 1.54) is 11.5 Å². The number of hydrogen-bond donors (Lipinski definition) is 0. The van der Waals surface area contributed by atoms with Gasteiger partial charge in [0.1, 0.15) is 17.4 Å². The van der Waals surface area contributed by atoms with Gasteiger partial charge in [-0.15, -0.1) is 0 Å². The smallest absolute Gasteiger partial charge is 0.161 e. The molecule has 0 bridgehead atoms. The lowest BCUT2D eigenvalue weighted by molar-refractivity contribution is 0.415. The van der Waals surface area contributed by atoms with Crippen LogP contribution in [0.2, 0.25) is 5.15 Å². The number of aromatic nitrogens is 1. The van der Waals surface area contributed by atoms with Crippen LogP contribution in [0, 0.1) is 11.3 Å². The van der Waals surface area contributed by atoms with E-state index in [0.717, 1.165) is 16.2 Å². The van der Waals surface area contributed by atoms with Gasteiger partial charge in [-0.05, 0) is 29.2 Å². The minimum absolute atomic E-state index is 0.255. The van der Waals surface area contributed by atoms with Gasteiger partial charge in [0.2, 0.25) is 0 Å². The number of rotatable bonds is 2. The number of nitrogens with zero attached hydrogens (tertiary/aromatic N) is 2. The van der Waals surface area contributed by atoms with Crippen LogP contribution in [0.4, 0.5) is 0 Å². The highest BCUT2D eigenvalue weighted by molar-refractivity contribution is 7.10. The van der Waals surface area contributed by atoms with Crippen LogP contribution < -0.4 is 4.74 Å². The first kappa shape index (κ1) is 10.9. The van der Waals surface area contributed by atoms with Gasteiger partial charge >= 0.3 is 0 Å². The Morgan fingerprint density at radius 3 is 3.00 bits per heavy atom. The molecule has 0 spiro atoms. The van der Waals surface area contributed by atoms with Gasteiger partial charge in [-0.3, -0.25) is 0 Å². The summed E-state index contributed by atoms with van der Waals surface area (Å²) in [5, 5.41) is 9.23. The Bertz CT molecular complexity index is 559. The second kappa shape index (κ2) is 4.52. The second-order valence-corrected chi connectivity index (χ2v) is 4.15. The minimum atomic E-state index is 0.255. The number of halogens is 1. The van der Waals surface area contributed by atoms with Crippen molar-refractivity contribution >= 4 is 23.1 Å². The highest BCUT2D eigenvalue weighted by atomic mass is 35.5. The third-order valence-electron chi connectivity index (χ3n) is 2.09. The maximum atomic E-state index is 8.98. The second-order valence-electron chi connectivity index (χ2n) is 3.02. The van der Waals surface area contributed by atoms with E-state index < -0.39 is 0 Å². The fraction of sp³-hybridized carbons (Fsp3) is 0.0909. The molecule has 0 aliphatic carbocycles. The molecule has 2 aromatic rings. The van der Waals surface area contributed by atoms with Crippen molar-refractivity contribution in [1.82, 2.24) is 4.37 Å². The normalized spacial score (nSPS) is 9.81. The van der Waals surface area contributed by atoms with Crippen molar-refractivity contribution in [2.75, 3.05) is 7.11 Å². The SMILES string of the molecule is COc1cccc(-c2snc(Cl)c2C#N)c1. The van der Waals surface area contributed by atoms with Crippen molar-refractivity contribution in [3.05, 3.63) is 35.0 Å². The lowest BCUT2D eigenvalue weighted by Gasteiger charge is -2.02. The van der Waals surface area contributed by atoms with Crippen molar-refractivity contribution in [2.24, 2.45) is 0 Å². The fourth-order valence-corrected chi connectivity index (χ4v) is 2.35. The van der Waals surface area contributed by atoms with E-state index in [9.17, 15) is 0 Å². The Morgan fingerprint density at radius 1 is 1.50 bits per heavy atom. The van der Waals surface area contributed by atoms with E-state index in [0.29, 0.717) is 5.56 Å². The van der Waals surface area contributed by atoms with Crippen LogP contribution in [0.5, 0.6) is 5.75 Å². The Labute approximate surface area is 102 Å². The van der Waals surface area contributed by atoms with Gasteiger partial charge in [0.25, 0.3) is 0 Å². The summed E-state index contributed by atoms with van der Waals surface area (Å²) < 4.78 is 9.09. The molecule has 5 heteroatoms. The van der Waals surface area contributed by atoms with E-state index in [1.807, 2.05) is 24.3 Å². The van der Waals surface area contributed by atoms with E-state index in [4.69, 9.17) is 21.6 Å². The molecule has 1 aromatic heterocycles. The molecule has 80 valence electrons. The Morgan fingerprint density at radius 2 is 2.31 bits per heavy atom. The predicted molar refractivity (Wildman–Crippen MR) is 63.8 cm³/mol. The molecule has 0 radical (unpaired) electrons. The van der Waals surface area contributed by atoms with Crippen molar-refractivity contribution in [3.8, 4) is 22.3 Å². The van der Waals surface area contributed by atoms with Gasteiger partial charge in [-0.25, -0.2) is 0 Å². The number of hydrogen-bond acceptors (Lipinski definition) is 4. The molecule has 0 atom stereocenters. The summed E-state index contributed by atoms with van der Waals surface area (Å²) in [4.78, 5) is 0.770. The number of benzene rings is 1. The summed E-state index contributed by atoms with van der Waals surface area (Å²) in [6.45, 7) is 0. The lowest BCUT2D eigenvalue weighted by Crippen LogP contribution is -1.83. The van der Waals surface area contributed by atoms with Crippen LogP contribution in [0.3, 0.4) is 0 Å². The molecule has 0 N–H and O–H groups in total. The molecule has 1 aromatic carbocycles. The zero-order valence-corrected chi connectivity index (χ0v) is 9.97. The van der Waals surface area contributed by atoms with E-state index >= 15 is 0 Å². The molecule has 16 heavy (non-hydrogen) atoms. The third kappa shape index (κ3) is 1.87. The van der Waals surface area contributed by atoms with Gasteiger partial charge in [-0.1, -0.05) is 23.7 Å². The summed E-state index contributed by atoms with van der Waals surface area (Å²) in [5.74, 6) is 0.742. The lowest BCUT2D eigenvalue weighted by atomic mass is 10.1. The highest BCUT2D eigenvalue weighted by Gasteiger charge is 2.13. The molecule has 1 heterocycles. The van der Waals surface area contributed by atoms with Crippen molar-refractivity contribution in [2.45, 2.75) is 0 Å². The molecule has 0 aliphatic heterocycles. The standard InChI is InChI=1S/C11H7ClN2OS/c1-15-8-4-2-3-7(5-8)10-9(6-13)11(12)14-16-10/h2-5H,1H3. The van der Waals surface area contributed by atoms with Crippen molar-refractivity contribution in [3.63, 3.8) is 0 Å². The van der Waals surface area contributed by atoms with Gasteiger partial charge in [0.15, 0.2) is 5.15 Å². The topological polar surface area (TPSA) is 45.9 Å². The molecule has 0 aliphatic rings. The predicted octanol–water partition coefficient (Wildman–Crippen LogP) is 3.34. The molecule has 2 rings (SSSR count). The first-order chi connectivity index (χ1) is 7.76. The Hall–Kier alpha value is -1.57. The Balaban J connectivity index is 2.55. The van der Waals surface area contributed by atoms with Crippen LogP contribution in [-0.2, 0) is 0 Å². The maximum Gasteiger partial charge on any atom is 0.161 e. The highest BCUT2D eigenvalue weighted by Crippen LogP contribution is 2.33. The van der Waals surface area contributed by atoms with E-state index in [2.05, 4.69) is 10.4 Å². The molecule has 0 unspecified atom stereocenters. The average molecular weight is 251 g/mol. The monoisotopic (exact) mass is 250 g/mol. The van der Waals surface area contributed by atoms with Crippen LogP contribution in [-0.4, -0.2) is 11.5 Å². The summed E-state index contributed by atoms with van der Waals surface area (Å²) >= 11 is 7.03. The fourth-order valence-electron chi connectivity index (χ4n) is 1.33. The third-order valence-corrected chi connectivity index (χ3v) is 3.36. The maximum absolute atomic E-state index is 8.98. The van der Waals surface area contributed by atoms with Crippen LogP contribution in [0.25, 0.3) is 10.4 Å². The van der Waals surface area contributed by atoms with Gasteiger partial charge in [0, 0.05) is 0 Å². The van der Waals surface area contributed by atoms with Crippen molar-refractivity contribution < 1.29 is 4.74 Å². The number of nitriles is 1. The largest absolute Gasteiger partial charge is 0.497 e. The first-order valence-corrected chi connectivity index (χ1v) is 5.61. The summed E-state index contributed by atoms with van der Waals surface area (Å²) in [7, 11) is 1.60. The van der Waals surface area contributed by atoms with Crippen LogP contribution in [0.15, 0.2) is 24.3 Å². The van der Waals surface area contributed by atoms with E-state index in [1.54, 1.807) is 7.11 Å². The molecule has 0 saturated carbocycles. The van der Waals surface area contributed by atoms with Crippen molar-refractivity contribution in [1.29, 1.82) is 5.26 Å². The zero-order valence-electron chi connectivity index (χ0n) is 8.40. The summed E-state index contributed by atoms with van der Waals surface area (Å²) in [5.41, 5.74) is 1.31. The van der Waals surface area contributed by atoms with Gasteiger partial charge < -0.3 is 4.74 Å². The van der Waals surface area contributed by atoms with Gasteiger partial charge in [-0.2, -0.15) is 9.64 Å².